The number of nitrogens with zero attached hydrogens (tertiary/aromatic N) is 2. The van der Waals surface area contributed by atoms with E-state index in [9.17, 15) is 0 Å². The molecule has 4 heteroatoms. The van der Waals surface area contributed by atoms with Crippen molar-refractivity contribution in [2.75, 3.05) is 31.1 Å². The van der Waals surface area contributed by atoms with Crippen LogP contribution in [0.25, 0.3) is 11.0 Å². The fraction of sp³-hybridized carbons (Fsp3) is 0.263. The van der Waals surface area contributed by atoms with Gasteiger partial charge in [0.1, 0.15) is 0 Å². The van der Waals surface area contributed by atoms with E-state index in [0.29, 0.717) is 0 Å². The predicted octanol–water partition coefficient (Wildman–Crippen LogP) is 4.18. The maximum Gasteiger partial charge on any atom is 0.157 e. The second-order valence-corrected chi connectivity index (χ2v) is 5.86. The van der Waals surface area contributed by atoms with E-state index in [2.05, 4.69) is 58.3 Å². The van der Waals surface area contributed by atoms with Crippen molar-refractivity contribution in [3.63, 3.8) is 0 Å². The molecular weight excluding hydrogens is 308 g/mol. The summed E-state index contributed by atoms with van der Waals surface area (Å²) in [7, 11) is 0. The van der Waals surface area contributed by atoms with Gasteiger partial charge in [-0.05, 0) is 17.7 Å². The Labute approximate surface area is 142 Å². The molecule has 3 nitrogen and oxygen atoms in total. The summed E-state index contributed by atoms with van der Waals surface area (Å²) in [6.45, 7) is 5.32. The molecule has 0 spiro atoms. The molecule has 2 aromatic carbocycles. The van der Waals surface area contributed by atoms with Gasteiger partial charge in [-0.25, -0.2) is 0 Å². The molecule has 0 saturated carbocycles. The third-order valence-corrected chi connectivity index (χ3v) is 4.42. The maximum absolute atomic E-state index is 5.67. The van der Waals surface area contributed by atoms with Gasteiger partial charge in [-0.1, -0.05) is 42.5 Å². The Balaban J connectivity index is 0.00000156. The fourth-order valence-corrected chi connectivity index (χ4v) is 3.21. The van der Waals surface area contributed by atoms with Crippen LogP contribution in [0.2, 0.25) is 0 Å². The Morgan fingerprint density at radius 3 is 2.39 bits per heavy atom. The highest BCUT2D eigenvalue weighted by Gasteiger charge is 2.19. The zero-order valence-corrected chi connectivity index (χ0v) is 13.8. The van der Waals surface area contributed by atoms with Gasteiger partial charge in [0, 0.05) is 38.1 Å². The largest absolute Gasteiger partial charge is 0.462 e. The van der Waals surface area contributed by atoms with E-state index in [-0.39, 0.29) is 12.4 Å². The number of hydrogen-bond donors (Lipinski definition) is 0. The summed E-state index contributed by atoms with van der Waals surface area (Å²) < 4.78 is 5.67. The van der Waals surface area contributed by atoms with E-state index in [1.54, 1.807) is 6.26 Å². The molecular formula is C19H21ClN2O. The lowest BCUT2D eigenvalue weighted by Crippen LogP contribution is -2.46. The Hall–Kier alpha value is -1.97. The van der Waals surface area contributed by atoms with Gasteiger partial charge >= 0.3 is 0 Å². The van der Waals surface area contributed by atoms with Crippen molar-refractivity contribution in [2.45, 2.75) is 6.54 Å². The summed E-state index contributed by atoms with van der Waals surface area (Å²) >= 11 is 0. The van der Waals surface area contributed by atoms with Crippen LogP contribution in [0.4, 0.5) is 5.69 Å². The van der Waals surface area contributed by atoms with Crippen LogP contribution in [-0.2, 0) is 6.54 Å². The van der Waals surface area contributed by atoms with E-state index >= 15 is 0 Å². The smallest absolute Gasteiger partial charge is 0.157 e. The molecule has 0 amide bonds. The number of para-hydroxylation sites is 1. The molecule has 0 bridgehead atoms. The molecule has 1 aromatic heterocycles. The Bertz CT molecular complexity index is 748. The van der Waals surface area contributed by atoms with E-state index in [4.69, 9.17) is 4.42 Å². The molecule has 0 N–H and O–H groups in total. The first-order chi connectivity index (χ1) is 10.9. The highest BCUT2D eigenvalue weighted by Crippen LogP contribution is 2.28. The summed E-state index contributed by atoms with van der Waals surface area (Å²) in [4.78, 5) is 4.96. The van der Waals surface area contributed by atoms with Crippen molar-refractivity contribution >= 4 is 29.1 Å². The molecule has 23 heavy (non-hydrogen) atoms. The van der Waals surface area contributed by atoms with E-state index in [1.807, 2.05) is 6.07 Å². The molecule has 0 unspecified atom stereocenters. The van der Waals surface area contributed by atoms with Crippen molar-refractivity contribution < 1.29 is 4.42 Å². The molecule has 0 radical (unpaired) electrons. The normalized spacial score (nSPS) is 15.6. The van der Waals surface area contributed by atoms with Crippen molar-refractivity contribution in [1.82, 2.24) is 4.90 Å². The summed E-state index contributed by atoms with van der Waals surface area (Å²) in [5, 5.41) is 1.18. The third-order valence-electron chi connectivity index (χ3n) is 4.42. The van der Waals surface area contributed by atoms with Crippen LogP contribution >= 0.6 is 12.4 Å². The number of furan rings is 1. The minimum atomic E-state index is 0. The zero-order valence-electron chi connectivity index (χ0n) is 13.0. The number of halogens is 1. The highest BCUT2D eigenvalue weighted by atomic mass is 35.5. The van der Waals surface area contributed by atoms with E-state index < -0.39 is 0 Å². The van der Waals surface area contributed by atoms with Crippen molar-refractivity contribution in [2.24, 2.45) is 0 Å². The number of fused-ring (bicyclic) bond motifs is 1. The number of hydrogen-bond acceptors (Lipinski definition) is 3. The average molecular weight is 329 g/mol. The van der Waals surface area contributed by atoms with Gasteiger partial charge < -0.3 is 9.32 Å². The lowest BCUT2D eigenvalue weighted by Gasteiger charge is -2.36. The molecule has 0 atom stereocenters. The van der Waals surface area contributed by atoms with Crippen molar-refractivity contribution in [1.29, 1.82) is 0 Å². The molecule has 1 aliphatic rings. The van der Waals surface area contributed by atoms with Crippen LogP contribution in [0, 0.1) is 0 Å². The quantitative estimate of drug-likeness (QED) is 0.719. The molecule has 120 valence electrons. The predicted molar refractivity (Wildman–Crippen MR) is 97.4 cm³/mol. The second-order valence-electron chi connectivity index (χ2n) is 5.86. The Morgan fingerprint density at radius 2 is 1.61 bits per heavy atom. The van der Waals surface area contributed by atoms with Crippen molar-refractivity contribution in [3.8, 4) is 0 Å². The molecule has 1 fully saturated rings. The Kier molecular flexibility index (Phi) is 4.89. The van der Waals surface area contributed by atoms with Crippen LogP contribution in [0.5, 0.6) is 0 Å². The number of benzene rings is 2. The van der Waals surface area contributed by atoms with Gasteiger partial charge in [-0.15, -0.1) is 12.4 Å². The summed E-state index contributed by atoms with van der Waals surface area (Å²) in [5.74, 6) is 0. The van der Waals surface area contributed by atoms with Gasteiger partial charge in [0.05, 0.1) is 12.0 Å². The minimum Gasteiger partial charge on any atom is -0.462 e. The fourth-order valence-electron chi connectivity index (χ4n) is 3.21. The number of piperazine rings is 1. The summed E-state index contributed by atoms with van der Waals surface area (Å²) in [5.41, 5.74) is 3.63. The van der Waals surface area contributed by atoms with Crippen LogP contribution in [0.15, 0.2) is 65.3 Å². The monoisotopic (exact) mass is 328 g/mol. The molecule has 1 saturated heterocycles. The van der Waals surface area contributed by atoms with Gasteiger partial charge in [0.2, 0.25) is 0 Å². The SMILES string of the molecule is Cl.c1ccc(CN2CCN(c3cccc4ccoc34)CC2)cc1. The molecule has 4 rings (SSSR count). The number of rotatable bonds is 3. The minimum absolute atomic E-state index is 0. The van der Waals surface area contributed by atoms with Crippen molar-refractivity contribution in [3.05, 3.63) is 66.4 Å². The topological polar surface area (TPSA) is 19.6 Å². The van der Waals surface area contributed by atoms with Crippen LogP contribution in [0.1, 0.15) is 5.56 Å². The first-order valence-electron chi connectivity index (χ1n) is 7.87. The standard InChI is InChI=1S/C19H20N2O.ClH/c1-2-5-16(6-3-1)15-20-10-12-21(13-11-20)18-8-4-7-17-9-14-22-19(17)18;/h1-9,14H,10-13,15H2;1H. The van der Waals surface area contributed by atoms with Crippen LogP contribution in [0.3, 0.4) is 0 Å². The van der Waals surface area contributed by atoms with Gasteiger partial charge in [0.25, 0.3) is 0 Å². The summed E-state index contributed by atoms with van der Waals surface area (Å²) in [6.07, 6.45) is 1.78. The average Bonchev–Trinajstić information content (AvgIpc) is 3.05. The van der Waals surface area contributed by atoms with Gasteiger partial charge in [-0.3, -0.25) is 4.90 Å². The first-order valence-corrected chi connectivity index (χ1v) is 7.87. The molecule has 1 aliphatic heterocycles. The highest BCUT2D eigenvalue weighted by molar-refractivity contribution is 5.89. The van der Waals surface area contributed by atoms with E-state index in [1.165, 1.54) is 16.6 Å². The third kappa shape index (κ3) is 3.36. The second kappa shape index (κ2) is 7.07. The first kappa shape index (κ1) is 15.9. The van der Waals surface area contributed by atoms with Gasteiger partial charge in [-0.2, -0.15) is 0 Å². The maximum atomic E-state index is 5.67. The lowest BCUT2D eigenvalue weighted by molar-refractivity contribution is 0.250. The molecule has 2 heterocycles. The lowest BCUT2D eigenvalue weighted by atomic mass is 10.1. The summed E-state index contributed by atoms with van der Waals surface area (Å²) in [6, 6.07) is 19.1. The van der Waals surface area contributed by atoms with Gasteiger partial charge in [0.15, 0.2) is 5.58 Å². The molecule has 0 aliphatic carbocycles. The van der Waals surface area contributed by atoms with Crippen LogP contribution in [-0.4, -0.2) is 31.1 Å². The van der Waals surface area contributed by atoms with E-state index in [0.717, 1.165) is 38.3 Å². The Morgan fingerprint density at radius 1 is 0.826 bits per heavy atom. The number of anilines is 1. The molecule has 3 aromatic rings. The van der Waals surface area contributed by atoms with Crippen LogP contribution < -0.4 is 4.90 Å². The zero-order chi connectivity index (χ0) is 14.8.